The van der Waals surface area contributed by atoms with Crippen LogP contribution < -0.4 is 34.7 Å². The van der Waals surface area contributed by atoms with E-state index >= 15 is 0 Å². The van der Waals surface area contributed by atoms with Crippen LogP contribution in [0, 0.1) is 0 Å². The zero-order valence-electron chi connectivity index (χ0n) is 19.8. The minimum atomic E-state index is -1.31. The van der Waals surface area contributed by atoms with Crippen molar-refractivity contribution in [1.29, 1.82) is 0 Å². The van der Waals surface area contributed by atoms with Crippen LogP contribution in [0.1, 0.15) is 49.2 Å². The number of benzene rings is 1. The number of fused-ring (bicyclic) bond motifs is 2. The maximum absolute atomic E-state index is 12.7. The summed E-state index contributed by atoms with van der Waals surface area (Å²) in [7, 11) is 0. The Morgan fingerprint density at radius 3 is 2.56 bits per heavy atom. The molecule has 2 aliphatic rings. The van der Waals surface area contributed by atoms with Crippen LogP contribution in [0.15, 0.2) is 34.9 Å². The second kappa shape index (κ2) is 10.8. The quantitative estimate of drug-likeness (QED) is 0.495. The number of aryl methyl sites for hydroxylation is 2. The summed E-state index contributed by atoms with van der Waals surface area (Å²) in [6, 6.07) is 6.49. The van der Waals surface area contributed by atoms with Crippen LogP contribution in [0.2, 0.25) is 5.02 Å². The minimum absolute atomic E-state index is 0. The van der Waals surface area contributed by atoms with Gasteiger partial charge in [0.05, 0.1) is 23.7 Å². The number of carboxylic acid groups (broad SMARTS) is 1. The first kappa shape index (κ1) is 27.4. The molecular weight excluding hydrogens is 533 g/mol. The second-order valence-electron chi connectivity index (χ2n) is 9.45. The molecule has 1 aliphatic heterocycles. The number of carbonyl (C=O) groups is 2. The van der Waals surface area contributed by atoms with E-state index < -0.39 is 23.7 Å². The summed E-state index contributed by atoms with van der Waals surface area (Å²) in [6.07, 6.45) is 2.72. The fourth-order valence-electron chi connectivity index (χ4n) is 4.56. The van der Waals surface area contributed by atoms with Gasteiger partial charge in [0.25, 0.3) is 0 Å². The molecule has 1 saturated heterocycles. The fourth-order valence-corrected chi connectivity index (χ4v) is 5.13. The largest absolute Gasteiger partial charge is 1.00 e. The number of piperazine rings is 1. The summed E-state index contributed by atoms with van der Waals surface area (Å²) in [6.45, 7) is 6.04. The van der Waals surface area contributed by atoms with E-state index in [2.05, 4.69) is 26.9 Å². The van der Waals surface area contributed by atoms with Crippen molar-refractivity contribution in [3.8, 4) is 0 Å². The van der Waals surface area contributed by atoms with Gasteiger partial charge in [-0.25, -0.2) is 4.79 Å². The first-order chi connectivity index (χ1) is 15.5. The Bertz CT molecular complexity index is 1040. The summed E-state index contributed by atoms with van der Waals surface area (Å²) < 4.78 is 6.34. The molecule has 2 aromatic rings. The molecule has 1 fully saturated rings. The molecule has 1 aromatic heterocycles. The second-order valence-corrected chi connectivity index (χ2v) is 10.8. The van der Waals surface area contributed by atoms with Crippen molar-refractivity contribution in [2.24, 2.45) is 0 Å². The molecule has 7 nitrogen and oxygen atoms in total. The van der Waals surface area contributed by atoms with Crippen molar-refractivity contribution in [3.05, 3.63) is 62.3 Å². The monoisotopic (exact) mass is 557 g/mol. The predicted octanol–water partition coefficient (Wildman–Crippen LogP) is 0.361. The maximum Gasteiger partial charge on any atom is 1.00 e. The van der Waals surface area contributed by atoms with Gasteiger partial charge in [0.1, 0.15) is 5.60 Å². The number of amides is 1. The summed E-state index contributed by atoms with van der Waals surface area (Å²) in [5.41, 5.74) is 3.43. The summed E-state index contributed by atoms with van der Waals surface area (Å²) in [5, 5.41) is 12.7. The van der Waals surface area contributed by atoms with E-state index in [1.165, 1.54) is 4.90 Å². The molecule has 0 spiro atoms. The van der Waals surface area contributed by atoms with Crippen molar-refractivity contribution < 1.29 is 49.0 Å². The molecule has 1 amide bonds. The molecule has 1 aromatic carbocycles. The molecule has 0 radical (unpaired) electrons. The Hall–Kier alpha value is -1.16. The number of carboxylic acids is 1. The standard InChI is InChI=1S/C24H27BrClN3O4.Na/c1-24(2,3)33-23(32)29-9-8-28(13-19(29)22(30)31)21-18-7-6-17(26)11-14(18)4-5-15-10-16(25)12-27-20(15)21;/h6-7,10-12,19,21H,4-5,8-9,13H2,1-3H3,(H,30,31);/q;+1/p-1/t19-,21+;/m1./s1. The zero-order chi connectivity index (χ0) is 23.9. The molecule has 10 heteroatoms. The molecule has 176 valence electrons. The zero-order valence-corrected chi connectivity index (χ0v) is 24.1. The van der Waals surface area contributed by atoms with Gasteiger partial charge < -0.3 is 14.6 Å². The Labute approximate surface area is 235 Å². The van der Waals surface area contributed by atoms with Crippen LogP contribution >= 0.6 is 27.5 Å². The normalized spacial score (nSPS) is 20.4. The Balaban J connectivity index is 0.00000324. The smallest absolute Gasteiger partial charge is 0.548 e. The van der Waals surface area contributed by atoms with Crippen LogP contribution in [-0.2, 0) is 22.4 Å². The molecule has 0 bridgehead atoms. The number of rotatable bonds is 2. The molecular formula is C24H26BrClN3NaO4. The van der Waals surface area contributed by atoms with E-state index in [-0.39, 0.29) is 48.7 Å². The Morgan fingerprint density at radius 2 is 1.88 bits per heavy atom. The van der Waals surface area contributed by atoms with E-state index in [0.29, 0.717) is 11.6 Å². The number of ether oxygens (including phenoxy) is 1. The predicted molar refractivity (Wildman–Crippen MR) is 126 cm³/mol. The third kappa shape index (κ3) is 5.97. The third-order valence-electron chi connectivity index (χ3n) is 5.97. The Morgan fingerprint density at radius 1 is 1.18 bits per heavy atom. The van der Waals surface area contributed by atoms with Crippen LogP contribution in [0.25, 0.3) is 0 Å². The molecule has 0 saturated carbocycles. The SMILES string of the molecule is CC(C)(C)OC(=O)N1CCN([C@H]2c3ccc(Cl)cc3CCc3cc(Br)cnc32)C[C@@H]1C(=O)[O-].[Na+]. The summed E-state index contributed by atoms with van der Waals surface area (Å²) >= 11 is 9.80. The number of pyridine rings is 1. The van der Waals surface area contributed by atoms with E-state index in [0.717, 1.165) is 39.7 Å². The van der Waals surface area contributed by atoms with Gasteiger partial charge in [-0.1, -0.05) is 17.7 Å². The van der Waals surface area contributed by atoms with Crippen LogP contribution in [-0.4, -0.2) is 58.1 Å². The van der Waals surface area contributed by atoms with Crippen molar-refractivity contribution in [2.45, 2.75) is 51.3 Å². The average molecular weight is 559 g/mol. The van der Waals surface area contributed by atoms with E-state index in [4.69, 9.17) is 21.3 Å². The minimum Gasteiger partial charge on any atom is -0.548 e. The average Bonchev–Trinajstić information content (AvgIpc) is 2.88. The number of halogens is 2. The van der Waals surface area contributed by atoms with Gasteiger partial charge in [0.15, 0.2) is 0 Å². The number of aliphatic carboxylic acids is 1. The van der Waals surface area contributed by atoms with Gasteiger partial charge in [0.2, 0.25) is 0 Å². The molecule has 4 rings (SSSR count). The summed E-state index contributed by atoms with van der Waals surface area (Å²) in [5.74, 6) is -1.31. The van der Waals surface area contributed by atoms with Crippen molar-refractivity contribution in [3.63, 3.8) is 0 Å². The van der Waals surface area contributed by atoms with E-state index in [9.17, 15) is 14.7 Å². The number of hydrogen-bond donors (Lipinski definition) is 0. The van der Waals surface area contributed by atoms with E-state index in [1.807, 2.05) is 18.2 Å². The van der Waals surface area contributed by atoms with Crippen LogP contribution in [0.5, 0.6) is 0 Å². The number of aromatic nitrogens is 1. The molecule has 0 N–H and O–H groups in total. The third-order valence-corrected chi connectivity index (χ3v) is 6.64. The number of hydrogen-bond acceptors (Lipinski definition) is 6. The van der Waals surface area contributed by atoms with Gasteiger partial charge in [-0.15, -0.1) is 0 Å². The molecule has 2 heterocycles. The van der Waals surface area contributed by atoms with Gasteiger partial charge in [-0.2, -0.15) is 0 Å². The van der Waals surface area contributed by atoms with Crippen molar-refractivity contribution in [1.82, 2.24) is 14.8 Å². The van der Waals surface area contributed by atoms with Gasteiger partial charge >= 0.3 is 35.7 Å². The fraction of sp³-hybridized carbons (Fsp3) is 0.458. The number of nitrogens with zero attached hydrogens (tertiary/aromatic N) is 3. The first-order valence-corrected chi connectivity index (χ1v) is 12.1. The topological polar surface area (TPSA) is 85.8 Å². The van der Waals surface area contributed by atoms with Crippen LogP contribution in [0.3, 0.4) is 0 Å². The molecule has 2 atom stereocenters. The van der Waals surface area contributed by atoms with Crippen molar-refractivity contribution in [2.75, 3.05) is 19.6 Å². The first-order valence-electron chi connectivity index (χ1n) is 10.9. The number of carbonyl (C=O) groups excluding carboxylic acids is 2. The Kier molecular flexibility index (Phi) is 8.75. The molecule has 34 heavy (non-hydrogen) atoms. The molecule has 0 unspecified atom stereocenters. The van der Waals surface area contributed by atoms with Crippen LogP contribution in [0.4, 0.5) is 4.79 Å². The van der Waals surface area contributed by atoms with Gasteiger partial charge in [-0.3, -0.25) is 14.8 Å². The van der Waals surface area contributed by atoms with Crippen molar-refractivity contribution >= 4 is 39.6 Å². The van der Waals surface area contributed by atoms with E-state index in [1.54, 1.807) is 27.0 Å². The van der Waals surface area contributed by atoms with Gasteiger partial charge in [-0.05, 0) is 84.4 Å². The molecule has 1 aliphatic carbocycles. The summed E-state index contributed by atoms with van der Waals surface area (Å²) in [4.78, 5) is 32.8. The van der Waals surface area contributed by atoms with Gasteiger partial charge in [0, 0.05) is 35.3 Å². The maximum atomic E-state index is 12.7.